The highest BCUT2D eigenvalue weighted by atomic mass is 32.2. The summed E-state index contributed by atoms with van der Waals surface area (Å²) in [6.45, 7) is 1.67. The van der Waals surface area contributed by atoms with E-state index in [1.165, 1.54) is 29.3 Å². The van der Waals surface area contributed by atoms with Gasteiger partial charge in [0.25, 0.3) is 5.91 Å². The molecule has 1 aliphatic heterocycles. The van der Waals surface area contributed by atoms with Crippen LogP contribution in [0.25, 0.3) is 0 Å². The van der Waals surface area contributed by atoms with Crippen molar-refractivity contribution in [3.8, 4) is 0 Å². The highest BCUT2D eigenvalue weighted by molar-refractivity contribution is 7.98. The predicted octanol–water partition coefficient (Wildman–Crippen LogP) is 3.51. The Kier molecular flexibility index (Phi) is 6.99. The number of sulfonamides is 1. The number of hydrogen-bond donors (Lipinski definition) is 1. The van der Waals surface area contributed by atoms with Crippen molar-refractivity contribution in [3.05, 3.63) is 53.2 Å². The van der Waals surface area contributed by atoms with E-state index in [-0.39, 0.29) is 11.8 Å². The predicted molar refractivity (Wildman–Crippen MR) is 123 cm³/mol. The van der Waals surface area contributed by atoms with Crippen molar-refractivity contribution < 1.29 is 13.2 Å². The summed E-state index contributed by atoms with van der Waals surface area (Å²) in [5, 5.41) is 0.743. The highest BCUT2D eigenvalue weighted by Crippen LogP contribution is 2.25. The molecule has 1 aliphatic carbocycles. The van der Waals surface area contributed by atoms with Crippen molar-refractivity contribution >= 4 is 27.7 Å². The summed E-state index contributed by atoms with van der Waals surface area (Å²) in [7, 11) is -3.52. The molecule has 2 aliphatic rings. The molecule has 1 N–H and O–H groups in total. The van der Waals surface area contributed by atoms with Gasteiger partial charge in [-0.15, -0.1) is 11.8 Å². The minimum absolute atomic E-state index is 0.00513. The third-order valence-corrected chi connectivity index (χ3v) is 8.42. The number of amides is 1. The molecule has 2 heterocycles. The second-order valence-corrected chi connectivity index (χ2v) is 10.8. The molecular weight excluding hydrogens is 430 g/mol. The summed E-state index contributed by atoms with van der Waals surface area (Å²) in [5.41, 5.74) is 3.09. The molecule has 31 heavy (non-hydrogen) atoms. The highest BCUT2D eigenvalue weighted by Gasteiger charge is 2.26. The van der Waals surface area contributed by atoms with E-state index in [0.29, 0.717) is 30.1 Å². The molecule has 8 heteroatoms. The summed E-state index contributed by atoms with van der Waals surface area (Å²) in [6, 6.07) is 9.14. The van der Waals surface area contributed by atoms with Gasteiger partial charge < -0.3 is 4.90 Å². The number of thioether (sulfide) groups is 1. The van der Waals surface area contributed by atoms with E-state index in [2.05, 4.69) is 9.71 Å². The maximum Gasteiger partial charge on any atom is 0.256 e. The molecule has 0 unspecified atom stereocenters. The van der Waals surface area contributed by atoms with Crippen LogP contribution in [0.3, 0.4) is 0 Å². The van der Waals surface area contributed by atoms with E-state index in [1.807, 2.05) is 29.4 Å². The van der Waals surface area contributed by atoms with Gasteiger partial charge in [0, 0.05) is 25.8 Å². The standard InChI is InChI=1S/C23H29N3O3S2/c1-30-22-21(7-4-12-24-22)23(27)26-13-10-17(11-14-26)16-25-31(28,29)20-9-8-18-5-2-3-6-19(18)15-20/h4,7-9,12,15,17,25H,2-3,5-6,10-11,13-14,16H2,1H3. The fourth-order valence-electron chi connectivity index (χ4n) is 4.41. The Hall–Kier alpha value is -1.90. The fourth-order valence-corrected chi connectivity index (χ4v) is 6.12. The van der Waals surface area contributed by atoms with Gasteiger partial charge in [0.2, 0.25) is 10.0 Å². The fraction of sp³-hybridized carbons (Fsp3) is 0.478. The number of nitrogens with zero attached hydrogens (tertiary/aromatic N) is 2. The first kappa shape index (κ1) is 22.3. The normalized spacial score (nSPS) is 17.4. The van der Waals surface area contributed by atoms with Crippen LogP contribution < -0.4 is 4.72 Å². The number of nitrogens with one attached hydrogen (secondary N) is 1. The molecule has 4 rings (SSSR count). The summed E-state index contributed by atoms with van der Waals surface area (Å²) < 4.78 is 28.4. The summed E-state index contributed by atoms with van der Waals surface area (Å²) in [6.07, 6.45) is 9.49. The summed E-state index contributed by atoms with van der Waals surface area (Å²) in [4.78, 5) is 19.4. The van der Waals surface area contributed by atoms with Gasteiger partial charge in [-0.2, -0.15) is 0 Å². The molecule has 166 valence electrons. The molecule has 0 bridgehead atoms. The van der Waals surface area contributed by atoms with Crippen molar-refractivity contribution in [2.24, 2.45) is 5.92 Å². The summed E-state index contributed by atoms with van der Waals surface area (Å²) in [5.74, 6) is 0.232. The second-order valence-electron chi connectivity index (χ2n) is 8.29. The third kappa shape index (κ3) is 5.13. The van der Waals surface area contributed by atoms with Crippen LogP contribution in [-0.2, 0) is 22.9 Å². The number of pyridine rings is 1. The van der Waals surface area contributed by atoms with Crippen molar-refractivity contribution in [1.29, 1.82) is 0 Å². The van der Waals surface area contributed by atoms with E-state index in [0.717, 1.165) is 37.1 Å². The van der Waals surface area contributed by atoms with E-state index in [9.17, 15) is 13.2 Å². The molecule has 1 amide bonds. The lowest BCUT2D eigenvalue weighted by Crippen LogP contribution is -2.41. The van der Waals surface area contributed by atoms with Gasteiger partial charge in [-0.25, -0.2) is 18.1 Å². The third-order valence-electron chi connectivity index (χ3n) is 6.29. The summed E-state index contributed by atoms with van der Waals surface area (Å²) >= 11 is 1.47. The van der Waals surface area contributed by atoms with E-state index in [4.69, 9.17) is 0 Å². The zero-order chi connectivity index (χ0) is 21.8. The average molecular weight is 460 g/mol. The van der Waals surface area contributed by atoms with Crippen LogP contribution in [-0.4, -0.2) is 50.1 Å². The number of rotatable bonds is 6. The Morgan fingerprint density at radius 3 is 2.65 bits per heavy atom. The first-order valence-electron chi connectivity index (χ1n) is 10.9. The van der Waals surface area contributed by atoms with E-state index >= 15 is 0 Å². The van der Waals surface area contributed by atoms with Crippen molar-refractivity contribution in [2.45, 2.75) is 48.4 Å². The van der Waals surface area contributed by atoms with Crippen LogP contribution in [0, 0.1) is 5.92 Å². The van der Waals surface area contributed by atoms with Crippen molar-refractivity contribution in [2.75, 3.05) is 25.9 Å². The van der Waals surface area contributed by atoms with Gasteiger partial charge in [-0.3, -0.25) is 4.79 Å². The Morgan fingerprint density at radius 1 is 1.16 bits per heavy atom. The van der Waals surface area contributed by atoms with Crippen LogP contribution in [0.2, 0.25) is 0 Å². The zero-order valence-electron chi connectivity index (χ0n) is 17.8. The molecule has 1 fully saturated rings. The lowest BCUT2D eigenvalue weighted by atomic mass is 9.92. The molecule has 0 radical (unpaired) electrons. The molecule has 2 aromatic rings. The van der Waals surface area contributed by atoms with Gasteiger partial charge in [0.1, 0.15) is 5.03 Å². The number of likely N-dealkylation sites (tertiary alicyclic amines) is 1. The first-order valence-corrected chi connectivity index (χ1v) is 13.6. The van der Waals surface area contributed by atoms with Crippen LogP contribution in [0.5, 0.6) is 0 Å². The van der Waals surface area contributed by atoms with Crippen LogP contribution in [0.1, 0.15) is 47.2 Å². The Morgan fingerprint density at radius 2 is 1.90 bits per heavy atom. The van der Waals surface area contributed by atoms with E-state index < -0.39 is 10.0 Å². The topological polar surface area (TPSA) is 79.4 Å². The van der Waals surface area contributed by atoms with Gasteiger partial charge in [-0.1, -0.05) is 6.07 Å². The minimum atomic E-state index is -3.52. The number of carbonyl (C=O) groups excluding carboxylic acids is 1. The average Bonchev–Trinajstić information content (AvgIpc) is 2.82. The van der Waals surface area contributed by atoms with Crippen molar-refractivity contribution in [1.82, 2.24) is 14.6 Å². The lowest BCUT2D eigenvalue weighted by molar-refractivity contribution is 0.0687. The Labute approximate surface area is 188 Å². The van der Waals surface area contributed by atoms with Gasteiger partial charge in [0.05, 0.1) is 10.5 Å². The van der Waals surface area contributed by atoms with Gasteiger partial charge in [-0.05, 0) is 86.1 Å². The van der Waals surface area contributed by atoms with Crippen LogP contribution in [0.15, 0.2) is 46.5 Å². The SMILES string of the molecule is CSc1ncccc1C(=O)N1CCC(CNS(=O)(=O)c2ccc3c(c2)CCCC3)CC1. The number of piperidine rings is 1. The van der Waals surface area contributed by atoms with Gasteiger partial charge in [0.15, 0.2) is 0 Å². The number of benzene rings is 1. The molecule has 0 spiro atoms. The smallest absolute Gasteiger partial charge is 0.256 e. The molecule has 6 nitrogen and oxygen atoms in total. The number of aryl methyl sites for hydroxylation is 2. The molecule has 1 aromatic heterocycles. The molecule has 0 saturated carbocycles. The van der Waals surface area contributed by atoms with Crippen molar-refractivity contribution in [3.63, 3.8) is 0 Å². The second kappa shape index (κ2) is 9.71. The number of carbonyl (C=O) groups is 1. The molecule has 1 saturated heterocycles. The molecule has 0 atom stereocenters. The number of hydrogen-bond acceptors (Lipinski definition) is 5. The number of aromatic nitrogens is 1. The lowest BCUT2D eigenvalue weighted by Gasteiger charge is -2.32. The molecular formula is C23H29N3O3S2. The maximum atomic E-state index is 12.9. The Bertz CT molecular complexity index is 1050. The van der Waals surface area contributed by atoms with E-state index in [1.54, 1.807) is 18.3 Å². The maximum absolute atomic E-state index is 12.9. The van der Waals surface area contributed by atoms with Gasteiger partial charge >= 0.3 is 0 Å². The number of fused-ring (bicyclic) bond motifs is 1. The zero-order valence-corrected chi connectivity index (χ0v) is 19.5. The minimum Gasteiger partial charge on any atom is -0.339 e. The largest absolute Gasteiger partial charge is 0.339 e. The first-order chi connectivity index (χ1) is 15.0. The molecule has 1 aromatic carbocycles. The quantitative estimate of drug-likeness (QED) is 0.669. The Balaban J connectivity index is 1.32. The van der Waals surface area contributed by atoms with Crippen LogP contribution in [0.4, 0.5) is 0 Å². The monoisotopic (exact) mass is 459 g/mol. The van der Waals surface area contributed by atoms with Crippen LogP contribution >= 0.6 is 11.8 Å².